The number of rotatable bonds is 9. The number of halogens is 1. The normalized spacial score (nSPS) is 12.2. The average molecular weight is 426 g/mol. The molecule has 2 aromatic rings. The molecule has 0 aliphatic carbocycles. The van der Waals surface area contributed by atoms with Crippen LogP contribution in [-0.2, 0) is 20.4 Å². The zero-order chi connectivity index (χ0) is 21.8. The first-order valence-electron chi connectivity index (χ1n) is 7.95. The van der Waals surface area contributed by atoms with Crippen molar-refractivity contribution in [3.8, 4) is 0 Å². The van der Waals surface area contributed by atoms with Crippen LogP contribution in [0.15, 0.2) is 42.5 Å². The molecule has 0 aliphatic rings. The third-order valence-electron chi connectivity index (χ3n) is 3.82. The molecular formula is C17H15FN2O8S. The SMILES string of the molecule is O=C(O)c1ccc(N[C@@H](CS(=O)(=O)Cc2ccccc2F)C(=O)O)c([N+](=O)[O-])c1. The van der Waals surface area contributed by atoms with Crippen LogP contribution in [-0.4, -0.2) is 47.3 Å². The Bertz CT molecular complexity index is 1070. The Morgan fingerprint density at radius 2 is 1.83 bits per heavy atom. The van der Waals surface area contributed by atoms with Crippen molar-refractivity contribution >= 4 is 33.2 Å². The second-order valence-corrected chi connectivity index (χ2v) is 8.08. The lowest BCUT2D eigenvalue weighted by atomic mass is 10.1. The van der Waals surface area contributed by atoms with Crippen LogP contribution in [0.2, 0.25) is 0 Å². The minimum Gasteiger partial charge on any atom is -0.480 e. The van der Waals surface area contributed by atoms with E-state index in [2.05, 4.69) is 5.32 Å². The molecule has 0 saturated heterocycles. The number of carboxylic acids is 2. The molecule has 0 aromatic heterocycles. The molecule has 0 unspecified atom stereocenters. The van der Waals surface area contributed by atoms with Crippen molar-refractivity contribution in [2.75, 3.05) is 11.1 Å². The summed E-state index contributed by atoms with van der Waals surface area (Å²) < 4.78 is 38.4. The zero-order valence-electron chi connectivity index (χ0n) is 14.6. The molecule has 2 aromatic carbocycles. The minimum atomic E-state index is -4.12. The fraction of sp³-hybridized carbons (Fsp3) is 0.176. The number of aromatic carboxylic acids is 1. The van der Waals surface area contributed by atoms with E-state index in [1.54, 1.807) is 0 Å². The maximum Gasteiger partial charge on any atom is 0.335 e. The number of carboxylic acid groups (broad SMARTS) is 2. The highest BCUT2D eigenvalue weighted by molar-refractivity contribution is 7.90. The van der Waals surface area contributed by atoms with Gasteiger partial charge in [-0.2, -0.15) is 0 Å². The Kier molecular flexibility index (Phi) is 6.49. The van der Waals surface area contributed by atoms with Gasteiger partial charge in [0, 0.05) is 11.6 Å². The van der Waals surface area contributed by atoms with Gasteiger partial charge in [-0.1, -0.05) is 18.2 Å². The number of nitro benzene ring substituents is 1. The van der Waals surface area contributed by atoms with Crippen molar-refractivity contribution in [2.45, 2.75) is 11.8 Å². The average Bonchev–Trinajstić information content (AvgIpc) is 2.62. The van der Waals surface area contributed by atoms with E-state index in [1.807, 2.05) is 0 Å². The number of aliphatic carboxylic acids is 1. The molecule has 0 aliphatic heterocycles. The van der Waals surface area contributed by atoms with E-state index in [9.17, 15) is 37.6 Å². The van der Waals surface area contributed by atoms with Crippen LogP contribution in [0.1, 0.15) is 15.9 Å². The number of carbonyl (C=O) groups is 2. The highest BCUT2D eigenvalue weighted by Gasteiger charge is 2.29. The second kappa shape index (κ2) is 8.65. The second-order valence-electron chi connectivity index (χ2n) is 5.98. The molecule has 0 bridgehead atoms. The number of nitrogens with one attached hydrogen (secondary N) is 1. The third kappa shape index (κ3) is 5.72. The van der Waals surface area contributed by atoms with Crippen molar-refractivity contribution in [2.24, 2.45) is 0 Å². The van der Waals surface area contributed by atoms with Gasteiger partial charge in [0.2, 0.25) is 0 Å². The van der Waals surface area contributed by atoms with Crippen molar-refractivity contribution in [1.82, 2.24) is 0 Å². The molecule has 0 radical (unpaired) electrons. The third-order valence-corrected chi connectivity index (χ3v) is 5.42. The summed E-state index contributed by atoms with van der Waals surface area (Å²) in [4.78, 5) is 32.7. The van der Waals surface area contributed by atoms with Gasteiger partial charge in [-0.15, -0.1) is 0 Å². The van der Waals surface area contributed by atoms with Gasteiger partial charge in [-0.25, -0.2) is 22.4 Å². The zero-order valence-corrected chi connectivity index (χ0v) is 15.4. The Hall–Kier alpha value is -3.54. The van der Waals surface area contributed by atoms with Crippen LogP contribution in [0.5, 0.6) is 0 Å². The van der Waals surface area contributed by atoms with E-state index in [1.165, 1.54) is 18.2 Å². The number of anilines is 1. The molecular weight excluding hydrogens is 411 g/mol. The van der Waals surface area contributed by atoms with Crippen molar-refractivity contribution < 1.29 is 37.5 Å². The molecule has 3 N–H and O–H groups in total. The largest absolute Gasteiger partial charge is 0.480 e. The van der Waals surface area contributed by atoms with Crippen LogP contribution in [0.25, 0.3) is 0 Å². The number of nitro groups is 1. The Balaban J connectivity index is 2.29. The number of hydrogen-bond acceptors (Lipinski definition) is 7. The van der Waals surface area contributed by atoms with E-state index < -0.39 is 61.3 Å². The summed E-state index contributed by atoms with van der Waals surface area (Å²) in [7, 11) is -4.12. The quantitative estimate of drug-likeness (QED) is 0.401. The lowest BCUT2D eigenvalue weighted by molar-refractivity contribution is -0.384. The van der Waals surface area contributed by atoms with Gasteiger partial charge in [0.25, 0.3) is 5.69 Å². The highest BCUT2D eigenvalue weighted by atomic mass is 32.2. The van der Waals surface area contributed by atoms with E-state index >= 15 is 0 Å². The maximum atomic E-state index is 13.7. The van der Waals surface area contributed by atoms with Crippen LogP contribution in [0, 0.1) is 15.9 Å². The smallest absolute Gasteiger partial charge is 0.335 e. The molecule has 154 valence electrons. The summed E-state index contributed by atoms with van der Waals surface area (Å²) >= 11 is 0. The van der Waals surface area contributed by atoms with Crippen molar-refractivity contribution in [1.29, 1.82) is 0 Å². The van der Waals surface area contributed by atoms with Gasteiger partial charge in [0.05, 0.1) is 22.0 Å². The van der Waals surface area contributed by atoms with Gasteiger partial charge in [-0.05, 0) is 18.2 Å². The van der Waals surface area contributed by atoms with Crippen LogP contribution >= 0.6 is 0 Å². The topological polar surface area (TPSA) is 164 Å². The molecule has 0 saturated carbocycles. The van der Waals surface area contributed by atoms with Crippen LogP contribution in [0.3, 0.4) is 0 Å². The summed E-state index contributed by atoms with van der Waals surface area (Å²) in [6.07, 6.45) is 0. The fourth-order valence-electron chi connectivity index (χ4n) is 2.47. The summed E-state index contributed by atoms with van der Waals surface area (Å²) in [5.74, 6) is -5.55. The number of hydrogen-bond donors (Lipinski definition) is 3. The van der Waals surface area contributed by atoms with E-state index in [-0.39, 0.29) is 11.3 Å². The fourth-order valence-corrected chi connectivity index (χ4v) is 4.03. The van der Waals surface area contributed by atoms with Gasteiger partial charge in [-0.3, -0.25) is 10.1 Å². The molecule has 29 heavy (non-hydrogen) atoms. The number of benzene rings is 2. The number of nitrogens with zero attached hydrogens (tertiary/aromatic N) is 1. The first-order chi connectivity index (χ1) is 13.5. The predicted octanol–water partition coefficient (Wildman–Crippen LogP) is 1.91. The Labute approximate surface area is 163 Å². The summed E-state index contributed by atoms with van der Waals surface area (Å²) in [6, 6.07) is 6.00. The molecule has 10 nitrogen and oxygen atoms in total. The summed E-state index contributed by atoms with van der Waals surface area (Å²) in [6.45, 7) is 0. The summed E-state index contributed by atoms with van der Waals surface area (Å²) in [5.41, 5.74) is -1.65. The van der Waals surface area contributed by atoms with Gasteiger partial charge < -0.3 is 15.5 Å². The minimum absolute atomic E-state index is 0.145. The monoisotopic (exact) mass is 426 g/mol. The van der Waals surface area contributed by atoms with E-state index in [0.717, 1.165) is 24.3 Å². The first kappa shape index (κ1) is 21.8. The number of sulfone groups is 1. The van der Waals surface area contributed by atoms with E-state index in [4.69, 9.17) is 5.11 Å². The lowest BCUT2D eigenvalue weighted by Gasteiger charge is -2.16. The Morgan fingerprint density at radius 1 is 1.17 bits per heavy atom. The first-order valence-corrected chi connectivity index (χ1v) is 9.77. The van der Waals surface area contributed by atoms with Crippen LogP contribution in [0.4, 0.5) is 15.8 Å². The van der Waals surface area contributed by atoms with Crippen LogP contribution < -0.4 is 5.32 Å². The van der Waals surface area contributed by atoms with Crippen molar-refractivity contribution in [3.05, 3.63) is 69.5 Å². The van der Waals surface area contributed by atoms with Gasteiger partial charge in [0.1, 0.15) is 17.5 Å². The molecule has 2 rings (SSSR count). The molecule has 0 heterocycles. The predicted molar refractivity (Wildman–Crippen MR) is 99.0 cm³/mol. The molecule has 0 fully saturated rings. The molecule has 0 spiro atoms. The van der Waals surface area contributed by atoms with Gasteiger partial charge in [0.15, 0.2) is 9.84 Å². The molecule has 0 amide bonds. The Morgan fingerprint density at radius 3 is 2.38 bits per heavy atom. The standard InChI is InChI=1S/C17H15FN2O8S/c18-12-4-2-1-3-11(12)8-29(27,28)9-14(17(23)24)19-13-6-5-10(16(21)22)7-15(13)20(25)26/h1-7,14,19H,8-9H2,(H,21,22)(H,23,24)/t14-/m0/s1. The van der Waals surface area contributed by atoms with E-state index in [0.29, 0.717) is 0 Å². The van der Waals surface area contributed by atoms with Gasteiger partial charge >= 0.3 is 11.9 Å². The summed E-state index contributed by atoms with van der Waals surface area (Å²) in [5, 5.41) is 31.7. The van der Waals surface area contributed by atoms with Crippen molar-refractivity contribution in [3.63, 3.8) is 0 Å². The lowest BCUT2D eigenvalue weighted by Crippen LogP contribution is -2.37. The maximum absolute atomic E-state index is 13.7. The highest BCUT2D eigenvalue weighted by Crippen LogP contribution is 2.27. The molecule has 1 atom stereocenters. The molecule has 12 heteroatoms.